The van der Waals surface area contributed by atoms with Crippen molar-refractivity contribution in [1.82, 2.24) is 14.9 Å². The minimum atomic E-state index is -0.434. The summed E-state index contributed by atoms with van der Waals surface area (Å²) in [6, 6.07) is 16.3. The van der Waals surface area contributed by atoms with E-state index in [1.807, 2.05) is 6.92 Å². The predicted molar refractivity (Wildman–Crippen MR) is 137 cm³/mol. The number of nitrogens with one attached hydrogen (secondary N) is 1. The molecule has 0 spiro atoms. The van der Waals surface area contributed by atoms with Gasteiger partial charge in [0.05, 0.1) is 23.7 Å². The number of aromatic nitrogens is 2. The minimum absolute atomic E-state index is 0.157. The van der Waals surface area contributed by atoms with E-state index in [4.69, 9.17) is 21.3 Å². The molecule has 0 aliphatic rings. The van der Waals surface area contributed by atoms with Crippen molar-refractivity contribution in [2.75, 3.05) is 13.7 Å². The highest BCUT2D eigenvalue weighted by atomic mass is 35.5. The standard InChI is InChI=1S/C26H23ClFN3O3S/c1-3-12-29-24(32)16-10-11-19-23(13-16)30-26(35-15-20-21(27)8-5-9-22(20)28)31(25(19)33)17-6-4-7-18(14-17)34-2/h4-11,13-14H,3,12,15H2,1-2H3,(H,29,32). The van der Waals surface area contributed by atoms with Crippen molar-refractivity contribution in [2.45, 2.75) is 24.3 Å². The van der Waals surface area contributed by atoms with Crippen molar-refractivity contribution in [1.29, 1.82) is 0 Å². The quantitative estimate of drug-likeness (QED) is 0.245. The molecule has 3 aromatic carbocycles. The number of thioether (sulfide) groups is 1. The number of hydrogen-bond acceptors (Lipinski definition) is 5. The number of benzene rings is 3. The van der Waals surface area contributed by atoms with Gasteiger partial charge >= 0.3 is 0 Å². The second kappa shape index (κ2) is 10.9. The highest BCUT2D eigenvalue weighted by Crippen LogP contribution is 2.30. The van der Waals surface area contributed by atoms with Crippen LogP contribution in [0.1, 0.15) is 29.3 Å². The topological polar surface area (TPSA) is 73.2 Å². The van der Waals surface area contributed by atoms with Crippen LogP contribution in [0, 0.1) is 5.82 Å². The summed E-state index contributed by atoms with van der Waals surface area (Å²) in [5.41, 5.74) is 1.34. The molecule has 1 heterocycles. The second-order valence-electron chi connectivity index (χ2n) is 7.71. The molecule has 180 valence electrons. The van der Waals surface area contributed by atoms with Crippen LogP contribution in [-0.2, 0) is 5.75 Å². The lowest BCUT2D eigenvalue weighted by molar-refractivity contribution is 0.0953. The number of carbonyl (C=O) groups is 1. The van der Waals surface area contributed by atoms with Crippen LogP contribution >= 0.6 is 23.4 Å². The lowest BCUT2D eigenvalue weighted by atomic mass is 10.1. The molecule has 0 bridgehead atoms. The van der Waals surface area contributed by atoms with E-state index in [0.717, 1.165) is 6.42 Å². The number of ether oxygens (including phenoxy) is 1. The average Bonchev–Trinajstić information content (AvgIpc) is 2.86. The van der Waals surface area contributed by atoms with Gasteiger partial charge in [-0.2, -0.15) is 0 Å². The van der Waals surface area contributed by atoms with Crippen LogP contribution in [0.25, 0.3) is 16.6 Å². The fraction of sp³-hybridized carbons (Fsp3) is 0.192. The molecular formula is C26H23ClFN3O3S. The Kier molecular flexibility index (Phi) is 7.73. The molecule has 4 rings (SSSR count). The zero-order valence-electron chi connectivity index (χ0n) is 19.2. The average molecular weight is 512 g/mol. The number of carbonyl (C=O) groups excluding carboxylic acids is 1. The van der Waals surface area contributed by atoms with Gasteiger partial charge in [-0.3, -0.25) is 14.2 Å². The van der Waals surface area contributed by atoms with Gasteiger partial charge in [-0.1, -0.05) is 42.4 Å². The van der Waals surface area contributed by atoms with Gasteiger partial charge in [-0.25, -0.2) is 9.37 Å². The van der Waals surface area contributed by atoms with Crippen LogP contribution in [0.15, 0.2) is 70.6 Å². The first-order chi connectivity index (χ1) is 16.9. The number of fused-ring (bicyclic) bond motifs is 1. The van der Waals surface area contributed by atoms with Gasteiger partial charge in [0.15, 0.2) is 5.16 Å². The third-order valence-electron chi connectivity index (χ3n) is 5.36. The second-order valence-corrected chi connectivity index (χ2v) is 9.06. The molecule has 35 heavy (non-hydrogen) atoms. The number of rotatable bonds is 8. The fourth-order valence-corrected chi connectivity index (χ4v) is 4.88. The molecule has 9 heteroatoms. The normalized spacial score (nSPS) is 11.0. The highest BCUT2D eigenvalue weighted by Gasteiger charge is 2.17. The number of nitrogens with zero attached hydrogens (tertiary/aromatic N) is 2. The first kappa shape index (κ1) is 24.8. The SMILES string of the molecule is CCCNC(=O)c1ccc2c(=O)n(-c3cccc(OC)c3)c(SCc3c(F)cccc3Cl)nc2c1. The molecule has 0 aliphatic heterocycles. The maximum Gasteiger partial charge on any atom is 0.266 e. The van der Waals surface area contributed by atoms with Crippen LogP contribution < -0.4 is 15.6 Å². The summed E-state index contributed by atoms with van der Waals surface area (Å²) in [7, 11) is 1.54. The van der Waals surface area contributed by atoms with E-state index in [1.165, 1.54) is 28.5 Å². The number of hydrogen-bond donors (Lipinski definition) is 1. The van der Waals surface area contributed by atoms with Gasteiger partial charge in [0.2, 0.25) is 0 Å². The molecule has 0 saturated heterocycles. The molecule has 0 radical (unpaired) electrons. The lowest BCUT2D eigenvalue weighted by Gasteiger charge is -2.15. The van der Waals surface area contributed by atoms with Crippen molar-refractivity contribution < 1.29 is 13.9 Å². The molecular weight excluding hydrogens is 489 g/mol. The van der Waals surface area contributed by atoms with E-state index in [2.05, 4.69) is 5.32 Å². The summed E-state index contributed by atoms with van der Waals surface area (Å²) in [5.74, 6) is 0.0609. The number of methoxy groups -OCH3 is 1. The predicted octanol–water partition coefficient (Wildman–Crippen LogP) is 5.62. The molecule has 1 aromatic heterocycles. The number of halogens is 2. The summed E-state index contributed by atoms with van der Waals surface area (Å²) in [4.78, 5) is 30.8. The van der Waals surface area contributed by atoms with E-state index >= 15 is 0 Å². The van der Waals surface area contributed by atoms with Crippen LogP contribution in [0.4, 0.5) is 4.39 Å². The third-order valence-corrected chi connectivity index (χ3v) is 6.67. The van der Waals surface area contributed by atoms with Crippen molar-refractivity contribution in [3.63, 3.8) is 0 Å². The van der Waals surface area contributed by atoms with Crippen molar-refractivity contribution in [2.24, 2.45) is 0 Å². The Morgan fingerprint density at radius 3 is 2.71 bits per heavy atom. The molecule has 0 saturated carbocycles. The third kappa shape index (κ3) is 5.33. The van der Waals surface area contributed by atoms with Crippen LogP contribution in [0.5, 0.6) is 5.75 Å². The Balaban J connectivity index is 1.85. The van der Waals surface area contributed by atoms with E-state index in [9.17, 15) is 14.0 Å². The maximum atomic E-state index is 14.4. The molecule has 1 N–H and O–H groups in total. The van der Waals surface area contributed by atoms with Gasteiger partial charge in [-0.15, -0.1) is 0 Å². The van der Waals surface area contributed by atoms with Gasteiger partial charge < -0.3 is 10.1 Å². The zero-order valence-corrected chi connectivity index (χ0v) is 20.8. The molecule has 6 nitrogen and oxygen atoms in total. The first-order valence-electron chi connectivity index (χ1n) is 11.0. The minimum Gasteiger partial charge on any atom is -0.497 e. The Bertz CT molecular complexity index is 1440. The smallest absolute Gasteiger partial charge is 0.266 e. The Morgan fingerprint density at radius 2 is 1.97 bits per heavy atom. The van der Waals surface area contributed by atoms with E-state index < -0.39 is 5.82 Å². The first-order valence-corrected chi connectivity index (χ1v) is 12.3. The van der Waals surface area contributed by atoms with E-state index in [0.29, 0.717) is 50.2 Å². The monoisotopic (exact) mass is 511 g/mol. The van der Waals surface area contributed by atoms with Gasteiger partial charge in [-0.05, 0) is 48.9 Å². The Hall–Kier alpha value is -3.36. The fourth-order valence-electron chi connectivity index (χ4n) is 3.53. The Morgan fingerprint density at radius 1 is 1.17 bits per heavy atom. The molecule has 0 atom stereocenters. The molecule has 1 amide bonds. The van der Waals surface area contributed by atoms with Gasteiger partial charge in [0, 0.05) is 34.5 Å². The molecule has 0 fully saturated rings. The summed E-state index contributed by atoms with van der Waals surface area (Å²) in [5, 5.41) is 3.81. The summed E-state index contributed by atoms with van der Waals surface area (Å²) in [6.45, 7) is 2.51. The lowest BCUT2D eigenvalue weighted by Crippen LogP contribution is -2.25. The molecule has 4 aromatic rings. The van der Waals surface area contributed by atoms with Crippen molar-refractivity contribution >= 4 is 40.2 Å². The number of amides is 1. The van der Waals surface area contributed by atoms with E-state index in [1.54, 1.807) is 55.6 Å². The summed E-state index contributed by atoms with van der Waals surface area (Å²) >= 11 is 7.39. The van der Waals surface area contributed by atoms with Crippen LogP contribution in [0.3, 0.4) is 0 Å². The van der Waals surface area contributed by atoms with Gasteiger partial charge in [0.25, 0.3) is 11.5 Å². The largest absolute Gasteiger partial charge is 0.497 e. The maximum absolute atomic E-state index is 14.4. The molecule has 0 aliphatic carbocycles. The van der Waals surface area contributed by atoms with Crippen LogP contribution in [-0.4, -0.2) is 29.1 Å². The van der Waals surface area contributed by atoms with Gasteiger partial charge in [0.1, 0.15) is 11.6 Å². The van der Waals surface area contributed by atoms with Crippen molar-refractivity contribution in [3.05, 3.63) is 93.0 Å². The Labute approximate surface area is 211 Å². The molecule has 0 unspecified atom stereocenters. The van der Waals surface area contributed by atoms with E-state index in [-0.39, 0.29) is 17.2 Å². The summed E-state index contributed by atoms with van der Waals surface area (Å²) < 4.78 is 21.2. The van der Waals surface area contributed by atoms with Crippen molar-refractivity contribution in [3.8, 4) is 11.4 Å². The highest BCUT2D eigenvalue weighted by molar-refractivity contribution is 7.98. The summed E-state index contributed by atoms with van der Waals surface area (Å²) in [6.07, 6.45) is 0.808. The van der Waals surface area contributed by atoms with Crippen LogP contribution in [0.2, 0.25) is 5.02 Å². The zero-order chi connectivity index (χ0) is 24.9.